The number of nitrogens with one attached hydrogen (secondary N) is 1. The van der Waals surface area contributed by atoms with Crippen LogP contribution in [0.3, 0.4) is 0 Å². The minimum absolute atomic E-state index is 0.349. The minimum Gasteiger partial charge on any atom is -0.383 e. The first-order chi connectivity index (χ1) is 9.33. The highest BCUT2D eigenvalue weighted by atomic mass is 16.5. The Morgan fingerprint density at radius 3 is 2.30 bits per heavy atom. The third-order valence-corrected chi connectivity index (χ3v) is 3.63. The number of ether oxygens (including phenoxy) is 1. The second-order valence-corrected chi connectivity index (χ2v) is 7.22. The van der Waals surface area contributed by atoms with Crippen LogP contribution in [0.1, 0.15) is 54.4 Å². The summed E-state index contributed by atoms with van der Waals surface area (Å²) in [5.74, 6) is 0.704. The predicted molar refractivity (Wildman–Crippen MR) is 89.3 cm³/mol. The summed E-state index contributed by atoms with van der Waals surface area (Å²) in [4.78, 5) is 2.58. The monoisotopic (exact) mass is 286 g/mol. The lowest BCUT2D eigenvalue weighted by Gasteiger charge is -2.37. The fourth-order valence-electron chi connectivity index (χ4n) is 2.79. The van der Waals surface area contributed by atoms with E-state index in [4.69, 9.17) is 4.74 Å². The molecule has 0 saturated carbocycles. The Labute approximate surface area is 127 Å². The molecule has 0 aliphatic rings. The summed E-state index contributed by atoms with van der Waals surface area (Å²) in [6, 6.07) is 0.559. The van der Waals surface area contributed by atoms with Crippen molar-refractivity contribution < 1.29 is 4.74 Å². The molecule has 0 amide bonds. The van der Waals surface area contributed by atoms with E-state index < -0.39 is 0 Å². The van der Waals surface area contributed by atoms with Crippen LogP contribution in [0.15, 0.2) is 0 Å². The zero-order valence-electron chi connectivity index (χ0n) is 15.0. The summed E-state index contributed by atoms with van der Waals surface area (Å²) in [7, 11) is 1.79. The van der Waals surface area contributed by atoms with Gasteiger partial charge in [0.15, 0.2) is 0 Å². The van der Waals surface area contributed by atoms with E-state index in [1.807, 2.05) is 0 Å². The molecule has 3 heteroatoms. The van der Waals surface area contributed by atoms with E-state index in [-0.39, 0.29) is 0 Å². The minimum atomic E-state index is 0.349. The van der Waals surface area contributed by atoms with E-state index in [0.29, 0.717) is 17.4 Å². The quantitative estimate of drug-likeness (QED) is 0.595. The molecule has 0 aromatic carbocycles. The van der Waals surface area contributed by atoms with Crippen LogP contribution < -0.4 is 5.32 Å². The molecule has 0 aliphatic carbocycles. The molecular formula is C17H38N2O. The van der Waals surface area contributed by atoms with Gasteiger partial charge < -0.3 is 15.0 Å². The van der Waals surface area contributed by atoms with Crippen molar-refractivity contribution >= 4 is 0 Å². The Kier molecular flexibility index (Phi) is 10.5. The number of hydrogen-bond donors (Lipinski definition) is 1. The molecule has 0 heterocycles. The maximum atomic E-state index is 5.27. The van der Waals surface area contributed by atoms with Gasteiger partial charge >= 0.3 is 0 Å². The molecule has 0 fully saturated rings. The number of methoxy groups -OCH3 is 1. The molecule has 1 N–H and O–H groups in total. The molecule has 20 heavy (non-hydrogen) atoms. The molecule has 122 valence electrons. The second-order valence-electron chi connectivity index (χ2n) is 7.22. The van der Waals surface area contributed by atoms with Crippen LogP contribution in [-0.4, -0.2) is 50.8 Å². The standard InChI is InChI=1S/C17H38N2O/c1-8-9-17(6,13-18-16(4)5)14-19(10-11-20-7)12-15(2)3/h15-16,18H,8-14H2,1-7H3. The van der Waals surface area contributed by atoms with Gasteiger partial charge in [-0.25, -0.2) is 0 Å². The van der Waals surface area contributed by atoms with Crippen molar-refractivity contribution in [2.45, 2.75) is 60.4 Å². The van der Waals surface area contributed by atoms with Crippen molar-refractivity contribution in [3.05, 3.63) is 0 Å². The Morgan fingerprint density at radius 2 is 1.85 bits per heavy atom. The van der Waals surface area contributed by atoms with E-state index >= 15 is 0 Å². The van der Waals surface area contributed by atoms with Gasteiger partial charge in [0.05, 0.1) is 6.61 Å². The predicted octanol–water partition coefficient (Wildman–Crippen LogP) is 3.40. The van der Waals surface area contributed by atoms with Crippen molar-refractivity contribution in [2.75, 3.05) is 39.9 Å². The van der Waals surface area contributed by atoms with Crippen LogP contribution in [0, 0.1) is 11.3 Å². The van der Waals surface area contributed by atoms with Crippen LogP contribution in [0.4, 0.5) is 0 Å². The summed E-state index contributed by atoms with van der Waals surface area (Å²) in [6.45, 7) is 19.0. The second kappa shape index (κ2) is 10.6. The molecule has 1 atom stereocenters. The lowest BCUT2D eigenvalue weighted by molar-refractivity contribution is 0.0967. The Hall–Kier alpha value is -0.120. The van der Waals surface area contributed by atoms with E-state index in [0.717, 1.165) is 32.8 Å². The average molecular weight is 287 g/mol. The Bertz CT molecular complexity index is 231. The van der Waals surface area contributed by atoms with Gasteiger partial charge in [0.2, 0.25) is 0 Å². The first-order valence-corrected chi connectivity index (χ1v) is 8.27. The van der Waals surface area contributed by atoms with Crippen molar-refractivity contribution in [3.8, 4) is 0 Å². The molecule has 0 saturated heterocycles. The maximum Gasteiger partial charge on any atom is 0.0589 e. The van der Waals surface area contributed by atoms with Crippen LogP contribution in [0.2, 0.25) is 0 Å². The fourth-order valence-corrected chi connectivity index (χ4v) is 2.79. The van der Waals surface area contributed by atoms with E-state index in [1.54, 1.807) is 7.11 Å². The van der Waals surface area contributed by atoms with Crippen LogP contribution in [-0.2, 0) is 4.74 Å². The van der Waals surface area contributed by atoms with Gasteiger partial charge in [-0.2, -0.15) is 0 Å². The molecule has 0 aromatic rings. The lowest BCUT2D eigenvalue weighted by atomic mass is 9.84. The smallest absolute Gasteiger partial charge is 0.0589 e. The number of nitrogens with zero attached hydrogens (tertiary/aromatic N) is 1. The van der Waals surface area contributed by atoms with E-state index in [1.165, 1.54) is 12.8 Å². The topological polar surface area (TPSA) is 24.5 Å². The summed E-state index contributed by atoms with van der Waals surface area (Å²) >= 11 is 0. The largest absolute Gasteiger partial charge is 0.383 e. The zero-order valence-corrected chi connectivity index (χ0v) is 15.0. The molecule has 0 aliphatic heterocycles. The summed E-state index contributed by atoms with van der Waals surface area (Å²) in [6.07, 6.45) is 2.52. The summed E-state index contributed by atoms with van der Waals surface area (Å²) in [5, 5.41) is 3.63. The third-order valence-electron chi connectivity index (χ3n) is 3.63. The van der Waals surface area contributed by atoms with Gasteiger partial charge in [-0.1, -0.05) is 48.0 Å². The van der Waals surface area contributed by atoms with Crippen molar-refractivity contribution in [3.63, 3.8) is 0 Å². The lowest BCUT2D eigenvalue weighted by Crippen LogP contribution is -2.45. The third kappa shape index (κ3) is 9.73. The normalized spacial score (nSPS) is 15.3. The molecule has 0 aromatic heterocycles. The van der Waals surface area contributed by atoms with E-state index in [2.05, 4.69) is 51.8 Å². The highest BCUT2D eigenvalue weighted by molar-refractivity contribution is 4.82. The molecule has 0 spiro atoms. The highest BCUT2D eigenvalue weighted by Gasteiger charge is 2.26. The first kappa shape index (κ1) is 19.9. The van der Waals surface area contributed by atoms with Gasteiger partial charge in [0, 0.05) is 39.3 Å². The Balaban J connectivity index is 4.59. The van der Waals surface area contributed by atoms with Crippen LogP contribution >= 0.6 is 0 Å². The van der Waals surface area contributed by atoms with Crippen molar-refractivity contribution in [2.24, 2.45) is 11.3 Å². The Morgan fingerprint density at radius 1 is 1.20 bits per heavy atom. The maximum absolute atomic E-state index is 5.27. The molecule has 0 rings (SSSR count). The van der Waals surface area contributed by atoms with Gasteiger partial charge in [-0.15, -0.1) is 0 Å². The van der Waals surface area contributed by atoms with Gasteiger partial charge in [0.1, 0.15) is 0 Å². The molecular weight excluding hydrogens is 248 g/mol. The number of hydrogen-bond acceptors (Lipinski definition) is 3. The average Bonchev–Trinajstić information content (AvgIpc) is 2.33. The molecule has 1 unspecified atom stereocenters. The van der Waals surface area contributed by atoms with Crippen LogP contribution in [0.25, 0.3) is 0 Å². The highest BCUT2D eigenvalue weighted by Crippen LogP contribution is 2.24. The number of rotatable bonds is 12. The van der Waals surface area contributed by atoms with Gasteiger partial charge in [0.25, 0.3) is 0 Å². The van der Waals surface area contributed by atoms with Crippen molar-refractivity contribution in [1.29, 1.82) is 0 Å². The first-order valence-electron chi connectivity index (χ1n) is 8.27. The zero-order chi connectivity index (χ0) is 15.6. The molecule has 0 radical (unpaired) electrons. The van der Waals surface area contributed by atoms with Gasteiger partial charge in [-0.3, -0.25) is 0 Å². The fraction of sp³-hybridized carbons (Fsp3) is 1.00. The van der Waals surface area contributed by atoms with Crippen LogP contribution in [0.5, 0.6) is 0 Å². The molecule has 0 bridgehead atoms. The summed E-state index contributed by atoms with van der Waals surface area (Å²) < 4.78 is 5.27. The molecule has 3 nitrogen and oxygen atoms in total. The van der Waals surface area contributed by atoms with Crippen molar-refractivity contribution in [1.82, 2.24) is 10.2 Å². The summed E-state index contributed by atoms with van der Waals surface area (Å²) in [5.41, 5.74) is 0.349. The van der Waals surface area contributed by atoms with Gasteiger partial charge in [-0.05, 0) is 17.8 Å². The SMILES string of the molecule is CCCC(C)(CNC(C)C)CN(CCOC)CC(C)C. The van der Waals surface area contributed by atoms with E-state index in [9.17, 15) is 0 Å².